The molecule has 1 aromatic rings. The third-order valence-electron chi connectivity index (χ3n) is 3.84. The molecule has 0 bridgehead atoms. The van der Waals surface area contributed by atoms with Crippen LogP contribution < -0.4 is 4.90 Å². The van der Waals surface area contributed by atoms with E-state index in [0.717, 1.165) is 43.3 Å². The number of amides is 2. The quantitative estimate of drug-likeness (QED) is 0.780. The molecular weight excluding hydrogens is 308 g/mol. The maximum absolute atomic E-state index is 12.5. The van der Waals surface area contributed by atoms with Crippen molar-refractivity contribution in [3.63, 3.8) is 0 Å². The Morgan fingerprint density at radius 1 is 1.09 bits per heavy atom. The molecule has 1 fully saturated rings. The summed E-state index contributed by atoms with van der Waals surface area (Å²) in [7, 11) is 0. The zero-order chi connectivity index (χ0) is 16.8. The number of rotatable bonds is 7. The first-order valence-corrected chi connectivity index (χ1v) is 9.02. The van der Waals surface area contributed by atoms with E-state index in [0.29, 0.717) is 11.6 Å². The molecule has 5 heteroatoms. The monoisotopic (exact) mass is 333 g/mol. The highest BCUT2D eigenvalue weighted by molar-refractivity contribution is 8.18. The zero-order valence-corrected chi connectivity index (χ0v) is 14.9. The summed E-state index contributed by atoms with van der Waals surface area (Å²) in [4.78, 5) is 27.9. The fraction of sp³-hybridized carbons (Fsp3) is 0.444. The Balaban J connectivity index is 2.11. The standard InChI is InChI=1S/C18H24N2O2S/c1-4-10-19(11-5-2)13-20-17(21)16(23-18(20)22)12-15-8-6-14(3)7-9-15/h6-9,12H,4-5,10-11,13H2,1-3H3/p+1/b16-12+. The van der Waals surface area contributed by atoms with Gasteiger partial charge >= 0.3 is 0 Å². The van der Waals surface area contributed by atoms with Gasteiger partial charge in [-0.25, -0.2) is 4.90 Å². The van der Waals surface area contributed by atoms with E-state index in [-0.39, 0.29) is 11.1 Å². The van der Waals surface area contributed by atoms with Crippen molar-refractivity contribution in [1.82, 2.24) is 4.90 Å². The van der Waals surface area contributed by atoms with Crippen molar-refractivity contribution in [2.45, 2.75) is 33.6 Å². The number of carbonyl (C=O) groups is 2. The highest BCUT2D eigenvalue weighted by Crippen LogP contribution is 2.31. The SMILES string of the molecule is CCC[NH+](CCC)CN1C(=O)S/C(=C/c2ccc(C)cc2)C1=O. The lowest BCUT2D eigenvalue weighted by Gasteiger charge is -2.22. The third-order valence-corrected chi connectivity index (χ3v) is 4.74. The van der Waals surface area contributed by atoms with Gasteiger partial charge in [0, 0.05) is 0 Å². The van der Waals surface area contributed by atoms with E-state index in [9.17, 15) is 9.59 Å². The molecule has 0 aromatic heterocycles. The average Bonchev–Trinajstić information content (AvgIpc) is 2.78. The fourth-order valence-electron chi connectivity index (χ4n) is 2.66. The normalized spacial score (nSPS) is 16.9. The minimum Gasteiger partial charge on any atom is -0.317 e. The molecule has 1 aliphatic heterocycles. The molecule has 1 aromatic carbocycles. The van der Waals surface area contributed by atoms with Crippen LogP contribution in [0.4, 0.5) is 4.79 Å². The molecule has 2 amide bonds. The maximum Gasteiger partial charge on any atom is 0.298 e. The lowest BCUT2D eigenvalue weighted by molar-refractivity contribution is -0.907. The first kappa shape index (κ1) is 17.8. The molecule has 0 saturated carbocycles. The van der Waals surface area contributed by atoms with Crippen LogP contribution in [0.25, 0.3) is 6.08 Å². The number of hydrogen-bond donors (Lipinski definition) is 1. The van der Waals surface area contributed by atoms with E-state index in [2.05, 4.69) is 13.8 Å². The number of benzene rings is 1. The smallest absolute Gasteiger partial charge is 0.298 e. The van der Waals surface area contributed by atoms with E-state index in [1.54, 1.807) is 0 Å². The highest BCUT2D eigenvalue weighted by atomic mass is 32.2. The Hall–Kier alpha value is -1.59. The Morgan fingerprint density at radius 2 is 1.70 bits per heavy atom. The molecule has 1 N–H and O–H groups in total. The number of thioether (sulfide) groups is 1. The van der Waals surface area contributed by atoms with Crippen LogP contribution in [0.1, 0.15) is 37.8 Å². The minimum absolute atomic E-state index is 0.155. The highest BCUT2D eigenvalue weighted by Gasteiger charge is 2.37. The van der Waals surface area contributed by atoms with E-state index in [1.807, 2.05) is 37.3 Å². The molecule has 0 unspecified atom stereocenters. The van der Waals surface area contributed by atoms with E-state index in [4.69, 9.17) is 0 Å². The second-order valence-corrected chi connectivity index (χ2v) is 6.92. The largest absolute Gasteiger partial charge is 0.317 e. The summed E-state index contributed by atoms with van der Waals surface area (Å²) in [5, 5.41) is -0.155. The van der Waals surface area contributed by atoms with E-state index in [1.165, 1.54) is 15.4 Å². The van der Waals surface area contributed by atoms with Crippen molar-refractivity contribution in [2.24, 2.45) is 0 Å². The predicted molar refractivity (Wildman–Crippen MR) is 95.1 cm³/mol. The summed E-state index contributed by atoms with van der Waals surface area (Å²) >= 11 is 1.04. The zero-order valence-electron chi connectivity index (χ0n) is 14.1. The van der Waals surface area contributed by atoms with Gasteiger partial charge < -0.3 is 4.90 Å². The van der Waals surface area contributed by atoms with Crippen LogP contribution in [-0.2, 0) is 4.79 Å². The molecule has 4 nitrogen and oxygen atoms in total. The maximum atomic E-state index is 12.5. The summed E-state index contributed by atoms with van der Waals surface area (Å²) < 4.78 is 0. The Morgan fingerprint density at radius 3 is 2.26 bits per heavy atom. The Bertz CT molecular complexity index is 590. The lowest BCUT2D eigenvalue weighted by Crippen LogP contribution is -3.13. The van der Waals surface area contributed by atoms with Gasteiger partial charge in [-0.15, -0.1) is 0 Å². The van der Waals surface area contributed by atoms with Crippen LogP contribution in [0.2, 0.25) is 0 Å². The lowest BCUT2D eigenvalue weighted by atomic mass is 10.1. The molecular formula is C18H25N2O2S+. The summed E-state index contributed by atoms with van der Waals surface area (Å²) in [5.74, 6) is -0.162. The van der Waals surface area contributed by atoms with Gasteiger partial charge in [0.2, 0.25) is 0 Å². The number of nitrogens with zero attached hydrogens (tertiary/aromatic N) is 1. The number of nitrogens with one attached hydrogen (secondary N) is 1. The first-order chi connectivity index (χ1) is 11.0. The summed E-state index contributed by atoms with van der Waals surface area (Å²) in [6, 6.07) is 7.94. The fourth-order valence-corrected chi connectivity index (χ4v) is 3.50. The average molecular weight is 333 g/mol. The van der Waals surface area contributed by atoms with Gasteiger partial charge in [0.15, 0.2) is 6.67 Å². The second-order valence-electron chi connectivity index (χ2n) is 5.93. The first-order valence-electron chi connectivity index (χ1n) is 8.20. The van der Waals surface area contributed by atoms with E-state index >= 15 is 0 Å². The topological polar surface area (TPSA) is 41.8 Å². The van der Waals surface area contributed by atoms with Gasteiger partial charge in [-0.1, -0.05) is 43.7 Å². The molecule has 0 spiro atoms. The minimum atomic E-state index is -0.162. The van der Waals surface area contributed by atoms with Crippen LogP contribution in [0.3, 0.4) is 0 Å². The van der Waals surface area contributed by atoms with Crippen LogP contribution in [0, 0.1) is 6.92 Å². The van der Waals surface area contributed by atoms with Crippen LogP contribution in [0.15, 0.2) is 29.2 Å². The van der Waals surface area contributed by atoms with Crippen LogP contribution in [0.5, 0.6) is 0 Å². The van der Waals surface area contributed by atoms with Gasteiger partial charge in [-0.05, 0) is 43.2 Å². The van der Waals surface area contributed by atoms with Gasteiger partial charge in [0.1, 0.15) is 0 Å². The predicted octanol–water partition coefficient (Wildman–Crippen LogP) is 2.69. The number of hydrogen-bond acceptors (Lipinski definition) is 3. The van der Waals surface area contributed by atoms with Crippen LogP contribution in [-0.4, -0.2) is 35.8 Å². The van der Waals surface area contributed by atoms with E-state index < -0.39 is 0 Å². The van der Waals surface area contributed by atoms with Crippen molar-refractivity contribution < 1.29 is 14.5 Å². The van der Waals surface area contributed by atoms with Gasteiger partial charge in [0.25, 0.3) is 11.1 Å². The molecule has 124 valence electrons. The molecule has 0 aliphatic carbocycles. The summed E-state index contributed by atoms with van der Waals surface area (Å²) in [6.45, 7) is 8.70. The van der Waals surface area contributed by atoms with Crippen LogP contribution >= 0.6 is 11.8 Å². The van der Waals surface area contributed by atoms with Crippen molar-refractivity contribution in [3.05, 3.63) is 40.3 Å². The summed E-state index contributed by atoms with van der Waals surface area (Å²) in [6.07, 6.45) is 3.90. The molecule has 0 radical (unpaired) electrons. The third kappa shape index (κ3) is 4.69. The number of quaternary nitrogens is 1. The van der Waals surface area contributed by atoms with Gasteiger partial charge in [-0.2, -0.15) is 0 Å². The summed E-state index contributed by atoms with van der Waals surface area (Å²) in [5.41, 5.74) is 2.13. The van der Waals surface area contributed by atoms with Crippen molar-refractivity contribution in [2.75, 3.05) is 19.8 Å². The molecule has 1 heterocycles. The Kier molecular flexibility index (Phi) is 6.42. The van der Waals surface area contributed by atoms with Crippen molar-refractivity contribution >= 4 is 29.0 Å². The number of carbonyl (C=O) groups excluding carboxylic acids is 2. The van der Waals surface area contributed by atoms with Gasteiger partial charge in [-0.3, -0.25) is 9.59 Å². The van der Waals surface area contributed by atoms with Crippen molar-refractivity contribution in [3.8, 4) is 0 Å². The molecule has 2 rings (SSSR count). The van der Waals surface area contributed by atoms with Gasteiger partial charge in [0.05, 0.1) is 18.0 Å². The molecule has 23 heavy (non-hydrogen) atoms. The second kappa shape index (κ2) is 8.31. The van der Waals surface area contributed by atoms with Crippen molar-refractivity contribution in [1.29, 1.82) is 0 Å². The number of imide groups is 1. The molecule has 1 saturated heterocycles. The molecule has 1 aliphatic rings. The Labute approximate surface area is 142 Å². The molecule has 0 atom stereocenters. The number of aryl methyl sites for hydroxylation is 1.